The number of guanidine groups is 1. The number of thiophene rings is 1. The van der Waals surface area contributed by atoms with E-state index in [0.717, 1.165) is 45.7 Å². The van der Waals surface area contributed by atoms with Crippen LogP contribution in [0.2, 0.25) is 0 Å². The quantitative estimate of drug-likeness (QED) is 0.567. The Kier molecular flexibility index (Phi) is 5.46. The lowest BCUT2D eigenvalue weighted by Crippen LogP contribution is -2.52. The molecule has 2 atom stereocenters. The van der Waals surface area contributed by atoms with Crippen LogP contribution in [0.5, 0.6) is 0 Å². The summed E-state index contributed by atoms with van der Waals surface area (Å²) in [6, 6.07) is 24.0. The number of amides is 1. The molecular formula is C28H25N5OS. The Morgan fingerprint density at radius 1 is 1.11 bits per heavy atom. The van der Waals surface area contributed by atoms with Crippen molar-refractivity contribution < 1.29 is 4.79 Å². The average molecular weight is 480 g/mol. The topological polar surface area (TPSA) is 106 Å². The number of carbonyl (C=O) groups excluding carboxylic acids is 1. The Morgan fingerprint density at radius 2 is 1.86 bits per heavy atom. The number of rotatable bonds is 4. The molecule has 1 aromatic heterocycles. The molecular weight excluding hydrogens is 454 g/mol. The lowest BCUT2D eigenvalue weighted by atomic mass is 9.65. The molecule has 1 unspecified atom stereocenters. The molecule has 2 aromatic carbocycles. The highest BCUT2D eigenvalue weighted by molar-refractivity contribution is 7.15. The van der Waals surface area contributed by atoms with Crippen LogP contribution in [0.25, 0.3) is 10.4 Å². The predicted molar refractivity (Wildman–Crippen MR) is 137 cm³/mol. The molecule has 1 aliphatic carbocycles. The van der Waals surface area contributed by atoms with E-state index in [4.69, 9.17) is 10.7 Å². The van der Waals surface area contributed by atoms with Crippen LogP contribution >= 0.6 is 11.3 Å². The number of hydrogen-bond donors (Lipinski definition) is 1. The van der Waals surface area contributed by atoms with Gasteiger partial charge in [0.05, 0.1) is 29.0 Å². The highest BCUT2D eigenvalue weighted by Gasteiger charge is 2.48. The van der Waals surface area contributed by atoms with Crippen molar-refractivity contribution in [1.82, 2.24) is 4.90 Å². The van der Waals surface area contributed by atoms with Gasteiger partial charge in [0.15, 0.2) is 5.96 Å². The number of benzene rings is 2. The summed E-state index contributed by atoms with van der Waals surface area (Å²) < 4.78 is 0. The Labute approximate surface area is 208 Å². The van der Waals surface area contributed by atoms with Crippen LogP contribution in [0.15, 0.2) is 65.7 Å². The molecule has 7 heteroatoms. The number of nitrogens with two attached hydrogens (primary N) is 1. The van der Waals surface area contributed by atoms with E-state index in [0.29, 0.717) is 5.56 Å². The van der Waals surface area contributed by atoms with Crippen molar-refractivity contribution >= 4 is 23.2 Å². The predicted octanol–water partition coefficient (Wildman–Crippen LogP) is 5.02. The molecule has 0 bridgehead atoms. The van der Waals surface area contributed by atoms with Gasteiger partial charge in [-0.3, -0.25) is 9.69 Å². The first-order valence-electron chi connectivity index (χ1n) is 11.6. The molecule has 0 saturated heterocycles. The third-order valence-corrected chi connectivity index (χ3v) is 8.79. The zero-order valence-electron chi connectivity index (χ0n) is 19.7. The molecule has 6 nitrogen and oxygen atoms in total. The minimum atomic E-state index is -0.895. The fraction of sp³-hybridized carbons (Fsp3) is 0.286. The van der Waals surface area contributed by atoms with Crippen LogP contribution in [-0.4, -0.2) is 23.8 Å². The molecule has 0 spiro atoms. The third kappa shape index (κ3) is 3.60. The number of hydrogen-bond acceptors (Lipinski definition) is 6. The normalized spacial score (nSPS) is 23.1. The Bertz CT molecular complexity index is 1420. The number of nitrogens with zero attached hydrogens (tertiary/aromatic N) is 4. The maximum Gasteiger partial charge on any atom is 0.239 e. The summed E-state index contributed by atoms with van der Waals surface area (Å²) in [5.74, 6) is -0.497. The smallest absolute Gasteiger partial charge is 0.239 e. The van der Waals surface area contributed by atoms with Crippen LogP contribution in [0.4, 0.5) is 0 Å². The van der Waals surface area contributed by atoms with Crippen LogP contribution in [-0.2, 0) is 15.7 Å². The van der Waals surface area contributed by atoms with Crippen molar-refractivity contribution in [2.45, 2.75) is 43.1 Å². The Balaban J connectivity index is 1.57. The minimum Gasteiger partial charge on any atom is -0.369 e. The zero-order valence-corrected chi connectivity index (χ0v) is 20.5. The highest BCUT2D eigenvalue weighted by Crippen LogP contribution is 2.48. The van der Waals surface area contributed by atoms with E-state index < -0.39 is 16.9 Å². The second-order valence-corrected chi connectivity index (χ2v) is 10.6. The molecule has 0 radical (unpaired) electrons. The maximum absolute atomic E-state index is 13.6. The number of nitriles is 2. The van der Waals surface area contributed by atoms with Gasteiger partial charge in [-0.1, -0.05) is 36.4 Å². The van der Waals surface area contributed by atoms with Crippen LogP contribution in [0, 0.1) is 22.7 Å². The standard InChI is InChI=1S/C28H25N5OS/c1-27(23-12-11-22(35-23)20-6-3-5-18(15-20)16-29)24(25(34)33(2)26(31)32-27)19-7-9-21(10-8-19)28(17-30)13-4-14-28/h3,5-12,15,24H,4,13-14H2,1-2H3,(H2,31,32)/t24?,27-/m1/s1. The van der Waals surface area contributed by atoms with Crippen molar-refractivity contribution in [2.24, 2.45) is 10.7 Å². The molecule has 2 aliphatic rings. The molecule has 3 aromatic rings. The molecule has 1 aliphatic heterocycles. The number of likely N-dealkylation sites (N-methyl/N-ethyl adjacent to an activating group) is 1. The Morgan fingerprint density at radius 3 is 2.49 bits per heavy atom. The average Bonchev–Trinajstić information content (AvgIpc) is 3.35. The second kappa shape index (κ2) is 8.37. The van der Waals surface area contributed by atoms with E-state index in [1.165, 1.54) is 4.90 Å². The summed E-state index contributed by atoms with van der Waals surface area (Å²) in [5, 5.41) is 19.0. The van der Waals surface area contributed by atoms with Crippen LogP contribution < -0.4 is 5.73 Å². The van der Waals surface area contributed by atoms with Crippen molar-refractivity contribution in [3.05, 3.63) is 82.2 Å². The SMILES string of the molecule is CN1C(=O)C(c2ccc(C3(C#N)CCC3)cc2)[C@@](C)(c2ccc(-c3cccc(C#N)c3)s2)N=C1N. The van der Waals surface area contributed by atoms with Gasteiger partial charge >= 0.3 is 0 Å². The van der Waals surface area contributed by atoms with E-state index >= 15 is 0 Å². The van der Waals surface area contributed by atoms with E-state index in [1.807, 2.05) is 61.5 Å². The van der Waals surface area contributed by atoms with Crippen molar-refractivity contribution in [3.63, 3.8) is 0 Å². The highest BCUT2D eigenvalue weighted by atomic mass is 32.1. The first-order valence-corrected chi connectivity index (χ1v) is 12.4. The summed E-state index contributed by atoms with van der Waals surface area (Å²) >= 11 is 1.55. The number of aliphatic imine (C=N–C) groups is 1. The van der Waals surface area contributed by atoms with Gasteiger partial charge in [0, 0.05) is 16.8 Å². The van der Waals surface area contributed by atoms with Crippen LogP contribution in [0.3, 0.4) is 0 Å². The van der Waals surface area contributed by atoms with Crippen molar-refractivity contribution in [1.29, 1.82) is 10.5 Å². The van der Waals surface area contributed by atoms with Crippen LogP contribution in [0.1, 0.15) is 53.7 Å². The molecule has 1 fully saturated rings. The van der Waals surface area contributed by atoms with E-state index in [-0.39, 0.29) is 11.9 Å². The lowest BCUT2D eigenvalue weighted by molar-refractivity contribution is -0.130. The summed E-state index contributed by atoms with van der Waals surface area (Å²) in [6.45, 7) is 1.95. The van der Waals surface area contributed by atoms with Gasteiger partial charge in [0.2, 0.25) is 5.91 Å². The first-order chi connectivity index (χ1) is 16.8. The van der Waals surface area contributed by atoms with Gasteiger partial charge in [-0.05, 0) is 67.1 Å². The van der Waals surface area contributed by atoms with E-state index in [9.17, 15) is 15.3 Å². The van der Waals surface area contributed by atoms with E-state index in [1.54, 1.807) is 24.5 Å². The molecule has 1 saturated carbocycles. The summed E-state index contributed by atoms with van der Waals surface area (Å²) in [4.78, 5) is 21.7. The lowest BCUT2D eigenvalue weighted by Gasteiger charge is -2.40. The zero-order chi connectivity index (χ0) is 24.8. The Hall–Kier alpha value is -3.94. The largest absolute Gasteiger partial charge is 0.369 e. The second-order valence-electron chi connectivity index (χ2n) is 9.47. The summed E-state index contributed by atoms with van der Waals surface area (Å²) in [6.07, 6.45) is 2.81. The molecule has 1 amide bonds. The molecule has 174 valence electrons. The third-order valence-electron chi connectivity index (χ3n) is 7.43. The van der Waals surface area contributed by atoms with Crippen molar-refractivity contribution in [3.8, 4) is 22.6 Å². The monoisotopic (exact) mass is 479 g/mol. The van der Waals surface area contributed by atoms with E-state index in [2.05, 4.69) is 12.1 Å². The van der Waals surface area contributed by atoms with Gasteiger partial charge in [-0.25, -0.2) is 4.99 Å². The number of carbonyl (C=O) groups is 1. The molecule has 35 heavy (non-hydrogen) atoms. The fourth-order valence-corrected chi connectivity index (χ4v) is 6.21. The van der Waals surface area contributed by atoms with Crippen molar-refractivity contribution in [2.75, 3.05) is 7.05 Å². The van der Waals surface area contributed by atoms with Gasteiger partial charge < -0.3 is 5.73 Å². The van der Waals surface area contributed by atoms with Gasteiger partial charge in [0.25, 0.3) is 0 Å². The molecule has 2 heterocycles. The summed E-state index contributed by atoms with van der Waals surface area (Å²) in [7, 11) is 1.65. The summed E-state index contributed by atoms with van der Waals surface area (Å²) in [5.41, 5.74) is 8.29. The van der Waals surface area contributed by atoms with Gasteiger partial charge in [0.1, 0.15) is 5.54 Å². The maximum atomic E-state index is 13.6. The van der Waals surface area contributed by atoms with Gasteiger partial charge in [-0.15, -0.1) is 11.3 Å². The first kappa shape index (κ1) is 22.8. The molecule has 2 N–H and O–H groups in total. The minimum absolute atomic E-state index is 0.118. The van der Waals surface area contributed by atoms with Gasteiger partial charge in [-0.2, -0.15) is 10.5 Å². The fourth-order valence-electron chi connectivity index (χ4n) is 5.09. The molecule has 5 rings (SSSR count).